The van der Waals surface area contributed by atoms with Gasteiger partial charge in [-0.05, 0) is 28.8 Å². The largest absolute Gasteiger partial charge is 0.298 e. The molecule has 5 heteroatoms. The van der Waals surface area contributed by atoms with Crippen molar-refractivity contribution in [2.45, 2.75) is 17.5 Å². The van der Waals surface area contributed by atoms with E-state index in [0.717, 1.165) is 44.5 Å². The summed E-state index contributed by atoms with van der Waals surface area (Å²) in [6.45, 7) is 4.62. The number of hydrogen-bond acceptors (Lipinski definition) is 4. The maximum atomic E-state index is 4.94. The van der Waals surface area contributed by atoms with Crippen molar-refractivity contribution < 1.29 is 0 Å². The SMILES string of the molecule is C=CCn1c(SCc2ccc(/C=C/c3ccccc3)cc2)nnc1-c1cc(-c2ccccc2)nc2ccccc12. The molecule has 0 N–H and O–H groups in total. The summed E-state index contributed by atoms with van der Waals surface area (Å²) >= 11 is 1.69. The molecule has 0 fully saturated rings. The summed E-state index contributed by atoms with van der Waals surface area (Å²) in [5.74, 6) is 1.62. The Kier molecular flexibility index (Phi) is 7.64. The summed E-state index contributed by atoms with van der Waals surface area (Å²) in [5.41, 5.74) is 7.53. The minimum absolute atomic E-state index is 0.616. The van der Waals surface area contributed by atoms with Crippen LogP contribution in [0.3, 0.4) is 0 Å². The molecule has 0 amide bonds. The van der Waals surface area contributed by atoms with Crippen LogP contribution in [-0.2, 0) is 12.3 Å². The van der Waals surface area contributed by atoms with E-state index in [-0.39, 0.29) is 0 Å². The van der Waals surface area contributed by atoms with E-state index in [0.29, 0.717) is 6.54 Å². The van der Waals surface area contributed by atoms with Gasteiger partial charge in [0, 0.05) is 28.8 Å². The number of para-hydroxylation sites is 1. The van der Waals surface area contributed by atoms with Crippen LogP contribution in [0.15, 0.2) is 133 Å². The summed E-state index contributed by atoms with van der Waals surface area (Å²) in [4.78, 5) is 4.94. The highest BCUT2D eigenvalue weighted by Crippen LogP contribution is 2.33. The third-order valence-electron chi connectivity index (χ3n) is 6.67. The lowest BCUT2D eigenvalue weighted by atomic mass is 10.0. The Balaban J connectivity index is 1.27. The molecule has 6 aromatic rings. The molecule has 2 heterocycles. The minimum Gasteiger partial charge on any atom is -0.298 e. The zero-order chi connectivity index (χ0) is 27.1. The van der Waals surface area contributed by atoms with Crippen LogP contribution in [0.5, 0.6) is 0 Å². The van der Waals surface area contributed by atoms with Crippen molar-refractivity contribution in [3.63, 3.8) is 0 Å². The monoisotopic (exact) mass is 536 g/mol. The van der Waals surface area contributed by atoms with Crippen molar-refractivity contribution in [2.75, 3.05) is 0 Å². The second-order valence-electron chi connectivity index (χ2n) is 9.42. The van der Waals surface area contributed by atoms with E-state index >= 15 is 0 Å². The van der Waals surface area contributed by atoms with Crippen molar-refractivity contribution in [3.05, 3.63) is 145 Å². The molecule has 0 saturated carbocycles. The molecular weight excluding hydrogens is 508 g/mol. The predicted octanol–water partition coefficient (Wildman–Crippen LogP) is 8.81. The van der Waals surface area contributed by atoms with Gasteiger partial charge in [-0.2, -0.15) is 0 Å². The average molecular weight is 537 g/mol. The molecule has 2 aromatic heterocycles. The van der Waals surface area contributed by atoms with E-state index in [1.807, 2.05) is 48.5 Å². The number of benzene rings is 4. The van der Waals surface area contributed by atoms with E-state index in [1.54, 1.807) is 11.8 Å². The summed E-state index contributed by atoms with van der Waals surface area (Å²) in [7, 11) is 0. The molecule has 0 aliphatic rings. The second kappa shape index (κ2) is 12.0. The summed E-state index contributed by atoms with van der Waals surface area (Å²) in [5, 5.41) is 11.2. The highest BCUT2D eigenvalue weighted by Gasteiger charge is 2.18. The topological polar surface area (TPSA) is 43.6 Å². The Morgan fingerprint density at radius 1 is 0.725 bits per heavy atom. The van der Waals surface area contributed by atoms with Gasteiger partial charge in [0.25, 0.3) is 0 Å². The average Bonchev–Trinajstić information content (AvgIpc) is 3.42. The lowest BCUT2D eigenvalue weighted by molar-refractivity contribution is 0.731. The summed E-state index contributed by atoms with van der Waals surface area (Å²) in [6, 6.07) is 39.6. The van der Waals surface area contributed by atoms with Crippen molar-refractivity contribution >= 4 is 34.8 Å². The van der Waals surface area contributed by atoms with Crippen LogP contribution >= 0.6 is 11.8 Å². The first-order valence-electron chi connectivity index (χ1n) is 13.2. The van der Waals surface area contributed by atoms with Gasteiger partial charge in [-0.25, -0.2) is 4.98 Å². The van der Waals surface area contributed by atoms with Crippen LogP contribution in [-0.4, -0.2) is 19.7 Å². The quantitative estimate of drug-likeness (QED) is 0.105. The van der Waals surface area contributed by atoms with Crippen LogP contribution in [0, 0.1) is 0 Å². The van der Waals surface area contributed by atoms with Crippen molar-refractivity contribution in [3.8, 4) is 22.6 Å². The normalized spacial score (nSPS) is 11.3. The molecule has 4 nitrogen and oxygen atoms in total. The van der Waals surface area contributed by atoms with Crippen LogP contribution in [0.25, 0.3) is 45.7 Å². The zero-order valence-corrected chi connectivity index (χ0v) is 22.8. The van der Waals surface area contributed by atoms with Gasteiger partial charge in [-0.3, -0.25) is 4.57 Å². The molecule has 0 aliphatic heterocycles. The molecule has 0 radical (unpaired) electrons. The van der Waals surface area contributed by atoms with Crippen LogP contribution in [0.2, 0.25) is 0 Å². The molecule has 0 spiro atoms. The Bertz CT molecular complexity index is 1770. The Morgan fingerprint density at radius 3 is 2.15 bits per heavy atom. The van der Waals surface area contributed by atoms with Crippen molar-refractivity contribution in [1.82, 2.24) is 19.7 Å². The number of hydrogen-bond donors (Lipinski definition) is 0. The third kappa shape index (κ3) is 5.65. The van der Waals surface area contributed by atoms with Crippen LogP contribution in [0.4, 0.5) is 0 Å². The Morgan fingerprint density at radius 2 is 1.40 bits per heavy atom. The smallest absolute Gasteiger partial charge is 0.192 e. The molecule has 6 rings (SSSR count). The highest BCUT2D eigenvalue weighted by atomic mass is 32.2. The lowest BCUT2D eigenvalue weighted by Crippen LogP contribution is -2.02. The molecule has 0 bridgehead atoms. The van der Waals surface area contributed by atoms with E-state index in [1.165, 1.54) is 16.7 Å². The maximum Gasteiger partial charge on any atom is 0.192 e. The van der Waals surface area contributed by atoms with E-state index in [4.69, 9.17) is 4.98 Å². The number of fused-ring (bicyclic) bond motifs is 1. The van der Waals surface area contributed by atoms with Gasteiger partial charge in [0.1, 0.15) is 0 Å². The van der Waals surface area contributed by atoms with E-state index in [9.17, 15) is 0 Å². The van der Waals surface area contributed by atoms with Gasteiger partial charge in [-0.1, -0.05) is 133 Å². The molecule has 194 valence electrons. The van der Waals surface area contributed by atoms with Gasteiger partial charge in [0.15, 0.2) is 11.0 Å². The van der Waals surface area contributed by atoms with Gasteiger partial charge in [0.05, 0.1) is 11.2 Å². The minimum atomic E-state index is 0.616. The van der Waals surface area contributed by atoms with Gasteiger partial charge >= 0.3 is 0 Å². The maximum absolute atomic E-state index is 4.94. The number of allylic oxidation sites excluding steroid dienone is 1. The second-order valence-corrected chi connectivity index (χ2v) is 10.4. The predicted molar refractivity (Wildman–Crippen MR) is 168 cm³/mol. The standard InChI is InChI=1S/C35H28N4S/c1-2-23-39-34(31-24-33(29-13-7-4-8-14-29)36-32-16-10-9-15-30(31)32)37-38-35(39)40-25-28-21-19-27(20-22-28)18-17-26-11-5-3-6-12-26/h2-22,24H,1,23,25H2/b18-17+. The highest BCUT2D eigenvalue weighted by molar-refractivity contribution is 7.98. The number of pyridine rings is 1. The van der Waals surface area contributed by atoms with Crippen molar-refractivity contribution in [2.24, 2.45) is 0 Å². The van der Waals surface area contributed by atoms with Gasteiger partial charge in [0.2, 0.25) is 0 Å². The number of aromatic nitrogens is 4. The Labute approximate surface area is 238 Å². The molecule has 0 unspecified atom stereocenters. The Hall–Kier alpha value is -4.74. The summed E-state index contributed by atoms with van der Waals surface area (Å²) < 4.78 is 2.14. The first kappa shape index (κ1) is 25.5. The zero-order valence-electron chi connectivity index (χ0n) is 22.0. The fourth-order valence-electron chi connectivity index (χ4n) is 4.64. The fraction of sp³-hybridized carbons (Fsp3) is 0.0571. The van der Waals surface area contributed by atoms with Crippen LogP contribution in [0.1, 0.15) is 16.7 Å². The van der Waals surface area contributed by atoms with E-state index in [2.05, 4.69) is 106 Å². The molecular formula is C35H28N4S. The first-order chi connectivity index (χ1) is 19.8. The molecule has 0 atom stereocenters. The number of nitrogens with zero attached hydrogens (tertiary/aromatic N) is 4. The molecule has 4 aromatic carbocycles. The van der Waals surface area contributed by atoms with Gasteiger partial charge < -0.3 is 0 Å². The molecule has 0 aliphatic carbocycles. The van der Waals surface area contributed by atoms with Crippen LogP contribution < -0.4 is 0 Å². The third-order valence-corrected chi connectivity index (χ3v) is 7.71. The number of thioether (sulfide) groups is 1. The van der Waals surface area contributed by atoms with Gasteiger partial charge in [-0.15, -0.1) is 16.8 Å². The first-order valence-corrected chi connectivity index (χ1v) is 14.2. The molecule has 0 saturated heterocycles. The molecule has 40 heavy (non-hydrogen) atoms. The lowest BCUT2D eigenvalue weighted by Gasteiger charge is -2.12. The number of rotatable bonds is 9. The van der Waals surface area contributed by atoms with E-state index < -0.39 is 0 Å². The van der Waals surface area contributed by atoms with Crippen molar-refractivity contribution in [1.29, 1.82) is 0 Å². The summed E-state index contributed by atoms with van der Waals surface area (Å²) in [6.07, 6.45) is 6.17. The fourth-order valence-corrected chi connectivity index (χ4v) is 5.54.